The number of hydrogen-bond donors (Lipinski definition) is 1. The monoisotopic (exact) mass is 330 g/mol. The molecule has 1 heterocycles. The molecule has 0 bridgehead atoms. The second kappa shape index (κ2) is 5.61. The number of alkyl halides is 3. The fourth-order valence-electron chi connectivity index (χ4n) is 1.55. The van der Waals surface area contributed by atoms with Gasteiger partial charge in [0.1, 0.15) is 0 Å². The van der Waals surface area contributed by atoms with Gasteiger partial charge in [-0.3, -0.25) is 4.98 Å². The van der Waals surface area contributed by atoms with Crippen LogP contribution in [-0.4, -0.2) is 4.98 Å². The van der Waals surface area contributed by atoms with E-state index in [2.05, 4.69) is 26.2 Å². The highest BCUT2D eigenvalue weighted by atomic mass is 79.9. The zero-order valence-corrected chi connectivity index (χ0v) is 11.3. The van der Waals surface area contributed by atoms with Gasteiger partial charge in [0.25, 0.3) is 0 Å². The zero-order valence-electron chi connectivity index (χ0n) is 9.71. The minimum atomic E-state index is -4.36. The molecule has 0 aliphatic heterocycles. The van der Waals surface area contributed by atoms with Crippen LogP contribution in [0.4, 0.5) is 18.9 Å². The van der Waals surface area contributed by atoms with E-state index in [-0.39, 0.29) is 0 Å². The van der Waals surface area contributed by atoms with Gasteiger partial charge in [0, 0.05) is 16.4 Å². The molecule has 0 atom stereocenters. The normalized spacial score (nSPS) is 11.4. The predicted octanol–water partition coefficient (Wildman–Crippen LogP) is 4.48. The van der Waals surface area contributed by atoms with E-state index >= 15 is 0 Å². The van der Waals surface area contributed by atoms with Crippen molar-refractivity contribution in [3.8, 4) is 0 Å². The molecule has 100 valence electrons. The lowest BCUT2D eigenvalue weighted by Crippen LogP contribution is -2.07. The van der Waals surface area contributed by atoms with Gasteiger partial charge in [0.2, 0.25) is 0 Å². The lowest BCUT2D eigenvalue weighted by molar-refractivity contribution is -0.137. The number of halogens is 4. The number of rotatable bonds is 3. The van der Waals surface area contributed by atoms with Crippen LogP contribution in [-0.2, 0) is 12.7 Å². The first-order valence-electron chi connectivity index (χ1n) is 5.47. The smallest absolute Gasteiger partial charge is 0.379 e. The average molecular weight is 331 g/mol. The van der Waals surface area contributed by atoms with Gasteiger partial charge < -0.3 is 5.32 Å². The Kier molecular flexibility index (Phi) is 4.09. The predicted molar refractivity (Wildman–Crippen MR) is 70.7 cm³/mol. The molecule has 0 fully saturated rings. The summed E-state index contributed by atoms with van der Waals surface area (Å²) in [5.41, 5.74) is 0.466. The van der Waals surface area contributed by atoms with Crippen LogP contribution < -0.4 is 5.32 Å². The molecule has 2 rings (SSSR count). The quantitative estimate of drug-likeness (QED) is 0.897. The summed E-state index contributed by atoms with van der Waals surface area (Å²) in [5, 5.41) is 2.92. The van der Waals surface area contributed by atoms with E-state index in [1.54, 1.807) is 24.4 Å². The molecular formula is C13H10BrF3N2. The van der Waals surface area contributed by atoms with E-state index in [9.17, 15) is 13.2 Å². The van der Waals surface area contributed by atoms with E-state index in [1.807, 2.05) is 6.07 Å². The van der Waals surface area contributed by atoms with Gasteiger partial charge in [-0.1, -0.05) is 22.0 Å². The Bertz CT molecular complexity index is 556. The van der Waals surface area contributed by atoms with E-state index < -0.39 is 11.7 Å². The number of aromatic nitrogens is 1. The molecule has 0 radical (unpaired) electrons. The maximum Gasteiger partial charge on any atom is 0.416 e. The van der Waals surface area contributed by atoms with Gasteiger partial charge in [0.15, 0.2) is 0 Å². The van der Waals surface area contributed by atoms with E-state index in [1.165, 1.54) is 0 Å². The second-order valence-electron chi connectivity index (χ2n) is 3.90. The number of nitrogens with one attached hydrogen (secondary N) is 1. The van der Waals surface area contributed by atoms with Crippen molar-refractivity contribution in [3.05, 3.63) is 58.3 Å². The molecule has 1 N–H and O–H groups in total. The van der Waals surface area contributed by atoms with Crippen LogP contribution in [0.1, 0.15) is 11.3 Å². The highest BCUT2D eigenvalue weighted by Crippen LogP contribution is 2.33. The van der Waals surface area contributed by atoms with Crippen LogP contribution in [0.2, 0.25) is 0 Å². The molecule has 1 aromatic carbocycles. The van der Waals surface area contributed by atoms with E-state index in [4.69, 9.17) is 0 Å². The van der Waals surface area contributed by atoms with Crippen LogP contribution >= 0.6 is 15.9 Å². The van der Waals surface area contributed by atoms with Crippen molar-refractivity contribution in [2.45, 2.75) is 12.7 Å². The number of nitrogens with zero attached hydrogens (tertiary/aromatic N) is 1. The van der Waals surface area contributed by atoms with E-state index in [0.717, 1.165) is 17.8 Å². The van der Waals surface area contributed by atoms with Crippen molar-refractivity contribution in [1.82, 2.24) is 4.98 Å². The summed E-state index contributed by atoms with van der Waals surface area (Å²) >= 11 is 3.08. The molecule has 0 unspecified atom stereocenters. The van der Waals surface area contributed by atoms with Gasteiger partial charge in [-0.15, -0.1) is 0 Å². The third kappa shape index (κ3) is 3.96. The number of benzene rings is 1. The molecule has 2 nitrogen and oxygen atoms in total. The number of pyridine rings is 1. The summed E-state index contributed by atoms with van der Waals surface area (Å²) in [6.07, 6.45) is -2.72. The van der Waals surface area contributed by atoms with Crippen LogP contribution in [0.25, 0.3) is 0 Å². The highest BCUT2D eigenvalue weighted by Gasteiger charge is 2.31. The topological polar surface area (TPSA) is 24.9 Å². The number of hydrogen-bond acceptors (Lipinski definition) is 2. The minimum absolute atomic E-state index is 0.370. The van der Waals surface area contributed by atoms with Gasteiger partial charge in [-0.2, -0.15) is 13.2 Å². The maximum atomic E-state index is 12.7. The summed E-state index contributed by atoms with van der Waals surface area (Å²) in [5.74, 6) is 0. The van der Waals surface area contributed by atoms with Gasteiger partial charge >= 0.3 is 6.18 Å². The first-order valence-corrected chi connectivity index (χ1v) is 6.26. The first kappa shape index (κ1) is 13.9. The van der Waals surface area contributed by atoms with Crippen molar-refractivity contribution in [2.24, 2.45) is 0 Å². The maximum absolute atomic E-state index is 12.7. The molecular weight excluding hydrogens is 321 g/mol. The Labute approximate surface area is 116 Å². The molecule has 0 aliphatic rings. The number of anilines is 1. The zero-order chi connectivity index (χ0) is 13.9. The van der Waals surface area contributed by atoms with Gasteiger partial charge in [-0.25, -0.2) is 0 Å². The SMILES string of the molecule is FC(F)(F)c1cc(Br)cc(NCc2ccccn2)c1. The van der Waals surface area contributed by atoms with Crippen LogP contribution in [0.15, 0.2) is 47.1 Å². The Morgan fingerprint density at radius 1 is 1.16 bits per heavy atom. The highest BCUT2D eigenvalue weighted by molar-refractivity contribution is 9.10. The molecule has 2 aromatic rings. The molecule has 0 amide bonds. The fraction of sp³-hybridized carbons (Fsp3) is 0.154. The molecule has 0 aliphatic carbocycles. The Hall–Kier alpha value is -1.56. The third-order valence-electron chi connectivity index (χ3n) is 2.42. The Morgan fingerprint density at radius 2 is 1.95 bits per heavy atom. The fourth-order valence-corrected chi connectivity index (χ4v) is 2.04. The second-order valence-corrected chi connectivity index (χ2v) is 4.82. The van der Waals surface area contributed by atoms with Crippen LogP contribution in [0.3, 0.4) is 0 Å². The Balaban J connectivity index is 2.15. The molecule has 19 heavy (non-hydrogen) atoms. The van der Waals surface area contributed by atoms with Crippen molar-refractivity contribution in [1.29, 1.82) is 0 Å². The summed E-state index contributed by atoms with van der Waals surface area (Å²) in [6.45, 7) is 0.370. The summed E-state index contributed by atoms with van der Waals surface area (Å²) in [6, 6.07) is 9.13. The van der Waals surface area contributed by atoms with Gasteiger partial charge in [0.05, 0.1) is 17.8 Å². The molecule has 0 saturated carbocycles. The van der Waals surface area contributed by atoms with Gasteiger partial charge in [-0.05, 0) is 30.3 Å². The summed E-state index contributed by atoms with van der Waals surface area (Å²) in [7, 11) is 0. The summed E-state index contributed by atoms with van der Waals surface area (Å²) in [4.78, 5) is 4.09. The minimum Gasteiger partial charge on any atom is -0.379 e. The Morgan fingerprint density at radius 3 is 2.58 bits per heavy atom. The average Bonchev–Trinajstić information content (AvgIpc) is 2.36. The lowest BCUT2D eigenvalue weighted by atomic mass is 10.2. The van der Waals surface area contributed by atoms with Crippen LogP contribution in [0.5, 0.6) is 0 Å². The van der Waals surface area contributed by atoms with Crippen molar-refractivity contribution in [3.63, 3.8) is 0 Å². The largest absolute Gasteiger partial charge is 0.416 e. The summed E-state index contributed by atoms with van der Waals surface area (Å²) < 4.78 is 38.3. The van der Waals surface area contributed by atoms with Crippen molar-refractivity contribution >= 4 is 21.6 Å². The molecule has 0 spiro atoms. The lowest BCUT2D eigenvalue weighted by Gasteiger charge is -2.11. The molecule has 6 heteroatoms. The third-order valence-corrected chi connectivity index (χ3v) is 2.88. The molecule has 1 aromatic heterocycles. The standard InChI is InChI=1S/C13H10BrF3N2/c14-10-5-9(13(15,16)17)6-12(7-10)19-8-11-3-1-2-4-18-11/h1-7,19H,8H2. The van der Waals surface area contributed by atoms with Crippen LogP contribution in [0, 0.1) is 0 Å². The van der Waals surface area contributed by atoms with E-state index in [0.29, 0.717) is 16.7 Å². The van der Waals surface area contributed by atoms with Crippen molar-refractivity contribution in [2.75, 3.05) is 5.32 Å². The first-order chi connectivity index (χ1) is 8.95. The molecule has 0 saturated heterocycles. The van der Waals surface area contributed by atoms with Crippen molar-refractivity contribution < 1.29 is 13.2 Å².